The lowest BCUT2D eigenvalue weighted by molar-refractivity contribution is 0.101. The average molecular weight is 226 g/mol. The van der Waals surface area contributed by atoms with E-state index in [4.69, 9.17) is 11.6 Å². The highest BCUT2D eigenvalue weighted by molar-refractivity contribution is 6.38. The monoisotopic (exact) mass is 225 g/mol. The Balaban J connectivity index is 2.91. The Bertz CT molecular complexity index is 559. The van der Waals surface area contributed by atoms with Crippen molar-refractivity contribution in [3.05, 3.63) is 34.7 Å². The minimum atomic E-state index is -0.338. The molecule has 0 N–H and O–H groups in total. The van der Waals surface area contributed by atoms with E-state index in [0.29, 0.717) is 21.6 Å². The van der Waals surface area contributed by atoms with Crippen molar-refractivity contribution in [1.29, 1.82) is 0 Å². The van der Waals surface area contributed by atoms with Crippen LogP contribution in [0.2, 0.25) is 5.02 Å². The van der Waals surface area contributed by atoms with Crippen LogP contribution in [0.25, 0.3) is 10.9 Å². The molecular formula is C11H9ClFNO. The summed E-state index contributed by atoms with van der Waals surface area (Å²) in [6.45, 7) is 1.44. The van der Waals surface area contributed by atoms with Crippen molar-refractivity contribution in [2.75, 3.05) is 0 Å². The predicted octanol–water partition coefficient (Wildman–Crippen LogP) is 3.17. The number of Topliss-reactive ketones (excluding diaryl/α,β-unsaturated/α-hetero) is 1. The van der Waals surface area contributed by atoms with Crippen molar-refractivity contribution in [2.24, 2.45) is 7.05 Å². The number of halogens is 2. The van der Waals surface area contributed by atoms with E-state index in [1.807, 2.05) is 0 Å². The number of carbonyl (C=O) groups excluding carboxylic acids is 1. The Labute approximate surface area is 91.3 Å². The first-order chi connectivity index (χ1) is 7.02. The van der Waals surface area contributed by atoms with Gasteiger partial charge in [0, 0.05) is 19.4 Å². The van der Waals surface area contributed by atoms with Crippen molar-refractivity contribution in [3.63, 3.8) is 0 Å². The third-order valence-corrected chi connectivity index (χ3v) is 2.82. The topological polar surface area (TPSA) is 22.0 Å². The Morgan fingerprint density at radius 2 is 2.13 bits per heavy atom. The molecule has 0 fully saturated rings. The minimum absolute atomic E-state index is 0.126. The molecule has 1 aromatic heterocycles. The molecule has 78 valence electrons. The molecule has 0 saturated carbocycles. The fourth-order valence-corrected chi connectivity index (χ4v) is 2.17. The van der Waals surface area contributed by atoms with Crippen molar-refractivity contribution < 1.29 is 9.18 Å². The number of aromatic nitrogens is 1. The number of benzene rings is 1. The molecule has 2 rings (SSSR count). The SMILES string of the molecule is CC(=O)c1c(Cl)c2ccc(F)cc2n1C. The van der Waals surface area contributed by atoms with Gasteiger partial charge in [-0.15, -0.1) is 0 Å². The summed E-state index contributed by atoms with van der Waals surface area (Å²) in [6.07, 6.45) is 0. The summed E-state index contributed by atoms with van der Waals surface area (Å²) < 4.78 is 14.6. The summed E-state index contributed by atoms with van der Waals surface area (Å²) in [4.78, 5) is 11.3. The zero-order valence-corrected chi connectivity index (χ0v) is 9.10. The number of carbonyl (C=O) groups is 1. The van der Waals surface area contributed by atoms with Gasteiger partial charge in [-0.1, -0.05) is 11.6 Å². The quantitative estimate of drug-likeness (QED) is 0.684. The summed E-state index contributed by atoms with van der Waals surface area (Å²) in [6, 6.07) is 4.28. The van der Waals surface area contributed by atoms with Gasteiger partial charge in [0.25, 0.3) is 0 Å². The maximum atomic E-state index is 13.0. The van der Waals surface area contributed by atoms with Gasteiger partial charge in [-0.3, -0.25) is 4.79 Å². The van der Waals surface area contributed by atoms with Crippen molar-refractivity contribution in [1.82, 2.24) is 4.57 Å². The lowest BCUT2D eigenvalue weighted by Crippen LogP contribution is -2.01. The Hall–Kier alpha value is -1.35. The lowest BCUT2D eigenvalue weighted by Gasteiger charge is -1.99. The first-order valence-corrected chi connectivity index (χ1v) is 4.84. The van der Waals surface area contributed by atoms with E-state index >= 15 is 0 Å². The molecular weight excluding hydrogens is 217 g/mol. The molecule has 0 atom stereocenters. The van der Waals surface area contributed by atoms with Gasteiger partial charge in [0.2, 0.25) is 0 Å². The van der Waals surface area contributed by atoms with Crippen molar-refractivity contribution >= 4 is 28.3 Å². The van der Waals surface area contributed by atoms with Gasteiger partial charge in [-0.2, -0.15) is 0 Å². The van der Waals surface area contributed by atoms with Gasteiger partial charge < -0.3 is 4.57 Å². The number of nitrogens with zero attached hydrogens (tertiary/aromatic N) is 1. The average Bonchev–Trinajstić information content (AvgIpc) is 2.39. The molecule has 0 aliphatic heterocycles. The zero-order valence-electron chi connectivity index (χ0n) is 8.34. The van der Waals surface area contributed by atoms with Gasteiger partial charge in [-0.05, 0) is 18.2 Å². The van der Waals surface area contributed by atoms with Crippen LogP contribution < -0.4 is 0 Å². The van der Waals surface area contributed by atoms with E-state index in [1.165, 1.54) is 19.1 Å². The standard InChI is InChI=1S/C11H9ClFNO/c1-6(15)11-10(12)8-4-3-7(13)5-9(8)14(11)2/h3-5H,1-2H3. The van der Waals surface area contributed by atoms with Gasteiger partial charge >= 0.3 is 0 Å². The molecule has 0 aliphatic carbocycles. The van der Waals surface area contributed by atoms with E-state index < -0.39 is 0 Å². The predicted molar refractivity (Wildman–Crippen MR) is 57.9 cm³/mol. The summed E-state index contributed by atoms with van der Waals surface area (Å²) in [5.74, 6) is -0.464. The fourth-order valence-electron chi connectivity index (χ4n) is 1.75. The summed E-state index contributed by atoms with van der Waals surface area (Å²) in [7, 11) is 1.70. The van der Waals surface area contributed by atoms with Crippen molar-refractivity contribution in [3.8, 4) is 0 Å². The molecule has 15 heavy (non-hydrogen) atoms. The zero-order chi connectivity index (χ0) is 11.2. The molecule has 1 heterocycles. The van der Waals surface area contributed by atoms with Crippen LogP contribution in [0.5, 0.6) is 0 Å². The van der Waals surface area contributed by atoms with Crippen LogP contribution in [0.15, 0.2) is 18.2 Å². The number of hydrogen-bond donors (Lipinski definition) is 0. The van der Waals surface area contributed by atoms with Crippen LogP contribution in [-0.4, -0.2) is 10.4 Å². The van der Waals surface area contributed by atoms with Crippen LogP contribution in [0, 0.1) is 5.82 Å². The van der Waals surface area contributed by atoms with E-state index in [9.17, 15) is 9.18 Å². The minimum Gasteiger partial charge on any atom is -0.340 e. The van der Waals surface area contributed by atoms with Crippen LogP contribution in [0.1, 0.15) is 17.4 Å². The molecule has 0 saturated heterocycles. The van der Waals surface area contributed by atoms with Crippen LogP contribution >= 0.6 is 11.6 Å². The number of fused-ring (bicyclic) bond motifs is 1. The summed E-state index contributed by atoms with van der Waals surface area (Å²) >= 11 is 6.05. The summed E-state index contributed by atoms with van der Waals surface area (Å²) in [5, 5.41) is 1.09. The maximum Gasteiger partial charge on any atom is 0.177 e. The fraction of sp³-hybridized carbons (Fsp3) is 0.182. The number of hydrogen-bond acceptors (Lipinski definition) is 1. The van der Waals surface area contributed by atoms with Crippen LogP contribution in [-0.2, 0) is 7.05 Å². The Kier molecular flexibility index (Phi) is 2.27. The van der Waals surface area contributed by atoms with E-state index in [2.05, 4.69) is 0 Å². The van der Waals surface area contributed by atoms with Gasteiger partial charge in [0.05, 0.1) is 10.5 Å². The molecule has 0 radical (unpaired) electrons. The smallest absolute Gasteiger partial charge is 0.177 e. The number of ketones is 1. The van der Waals surface area contributed by atoms with E-state index in [0.717, 1.165) is 0 Å². The second kappa shape index (κ2) is 3.35. The first kappa shape index (κ1) is 10.2. The van der Waals surface area contributed by atoms with Gasteiger partial charge in [-0.25, -0.2) is 4.39 Å². The van der Waals surface area contributed by atoms with Gasteiger partial charge in [0.15, 0.2) is 5.78 Å². The molecule has 0 unspecified atom stereocenters. The Morgan fingerprint density at radius 3 is 2.73 bits per heavy atom. The third kappa shape index (κ3) is 1.43. The second-order valence-electron chi connectivity index (χ2n) is 3.44. The highest BCUT2D eigenvalue weighted by atomic mass is 35.5. The first-order valence-electron chi connectivity index (χ1n) is 4.46. The van der Waals surface area contributed by atoms with Crippen molar-refractivity contribution in [2.45, 2.75) is 6.92 Å². The number of aryl methyl sites for hydroxylation is 1. The number of rotatable bonds is 1. The highest BCUT2D eigenvalue weighted by Crippen LogP contribution is 2.30. The van der Waals surface area contributed by atoms with Crippen LogP contribution in [0.3, 0.4) is 0 Å². The molecule has 0 bridgehead atoms. The van der Waals surface area contributed by atoms with E-state index in [1.54, 1.807) is 17.7 Å². The normalized spacial score (nSPS) is 10.9. The molecule has 0 amide bonds. The largest absolute Gasteiger partial charge is 0.340 e. The molecule has 2 nitrogen and oxygen atoms in total. The molecule has 0 aliphatic rings. The third-order valence-electron chi connectivity index (χ3n) is 2.43. The van der Waals surface area contributed by atoms with E-state index in [-0.39, 0.29) is 11.6 Å². The highest BCUT2D eigenvalue weighted by Gasteiger charge is 2.16. The molecule has 2 aromatic rings. The van der Waals surface area contributed by atoms with Gasteiger partial charge in [0.1, 0.15) is 11.5 Å². The summed E-state index contributed by atoms with van der Waals surface area (Å²) in [5.41, 5.74) is 1.04. The molecule has 4 heteroatoms. The maximum absolute atomic E-state index is 13.0. The molecule has 1 aromatic carbocycles. The Morgan fingerprint density at radius 1 is 1.47 bits per heavy atom. The second-order valence-corrected chi connectivity index (χ2v) is 3.82. The molecule has 0 spiro atoms. The van der Waals surface area contributed by atoms with Crippen LogP contribution in [0.4, 0.5) is 4.39 Å². The lowest BCUT2D eigenvalue weighted by atomic mass is 10.2.